The van der Waals surface area contributed by atoms with Crippen molar-refractivity contribution in [3.63, 3.8) is 0 Å². The highest BCUT2D eigenvalue weighted by Crippen LogP contribution is 2.37. The van der Waals surface area contributed by atoms with E-state index in [1.165, 1.54) is 18.6 Å². The van der Waals surface area contributed by atoms with Crippen molar-refractivity contribution in [3.8, 4) is 11.1 Å². The third-order valence-electron chi connectivity index (χ3n) is 5.56. The quantitative estimate of drug-likeness (QED) is 0.852. The van der Waals surface area contributed by atoms with Gasteiger partial charge in [0, 0.05) is 18.5 Å². The number of aliphatic hydroxyl groups excluding tert-OH is 2. The predicted octanol–water partition coefficient (Wildman–Crippen LogP) is 3.94. The van der Waals surface area contributed by atoms with Gasteiger partial charge in [0.1, 0.15) is 18.1 Å². The predicted molar refractivity (Wildman–Crippen MR) is 102 cm³/mol. The van der Waals surface area contributed by atoms with E-state index in [9.17, 15) is 14.6 Å². The van der Waals surface area contributed by atoms with Crippen LogP contribution in [0.1, 0.15) is 38.7 Å². The summed E-state index contributed by atoms with van der Waals surface area (Å²) in [5.41, 5.74) is 2.12. The van der Waals surface area contributed by atoms with Gasteiger partial charge < -0.3 is 10.2 Å². The average Bonchev–Trinajstić information content (AvgIpc) is 2.68. The first-order valence-electron chi connectivity index (χ1n) is 9.37. The van der Waals surface area contributed by atoms with E-state index >= 15 is 0 Å². The van der Waals surface area contributed by atoms with Crippen LogP contribution < -0.4 is 0 Å². The molecule has 0 aromatic heterocycles. The molecule has 2 unspecified atom stereocenters. The molecule has 1 fully saturated rings. The molecule has 0 bridgehead atoms. The van der Waals surface area contributed by atoms with Gasteiger partial charge in [-0.1, -0.05) is 56.7 Å². The van der Waals surface area contributed by atoms with Gasteiger partial charge in [-0.15, -0.1) is 0 Å². The molecule has 2 atom stereocenters. The number of nitrogens with zero attached hydrogens (tertiary/aromatic N) is 1. The third-order valence-corrected chi connectivity index (χ3v) is 5.56. The molecule has 0 saturated carbocycles. The Morgan fingerprint density at radius 1 is 0.923 bits per heavy atom. The van der Waals surface area contributed by atoms with E-state index in [2.05, 4.69) is 0 Å². The van der Waals surface area contributed by atoms with Crippen LogP contribution in [0.25, 0.3) is 11.1 Å². The normalized spacial score (nSPS) is 18.5. The van der Waals surface area contributed by atoms with Crippen LogP contribution in [0.4, 0.5) is 4.39 Å². The van der Waals surface area contributed by atoms with Crippen LogP contribution in [0, 0.1) is 5.82 Å². The minimum absolute atomic E-state index is 0.272. The lowest BCUT2D eigenvalue weighted by Gasteiger charge is -2.41. The average molecular weight is 357 g/mol. The Morgan fingerprint density at radius 2 is 1.54 bits per heavy atom. The number of likely N-dealkylation sites (tertiary alicyclic amines) is 1. The van der Waals surface area contributed by atoms with Crippen LogP contribution in [0.3, 0.4) is 0 Å². The summed E-state index contributed by atoms with van der Waals surface area (Å²) in [6.45, 7) is 5.53. The van der Waals surface area contributed by atoms with Crippen molar-refractivity contribution in [1.82, 2.24) is 4.90 Å². The van der Waals surface area contributed by atoms with E-state index in [0.29, 0.717) is 0 Å². The monoisotopic (exact) mass is 357 g/mol. The smallest absolute Gasteiger partial charge is 0.134 e. The molecule has 0 radical (unpaired) electrons. The van der Waals surface area contributed by atoms with Crippen LogP contribution in [0.15, 0.2) is 48.5 Å². The molecule has 3 nitrogen and oxygen atoms in total. The topological polar surface area (TPSA) is 43.7 Å². The molecule has 2 aromatic rings. The Labute approximate surface area is 155 Å². The SMILES string of the molecule is CC(C)(c1ccccc1-c1ccc(F)cc1)C(O)C(O)N1CCCCC1. The van der Waals surface area contributed by atoms with E-state index in [1.54, 1.807) is 12.1 Å². The van der Waals surface area contributed by atoms with Crippen molar-refractivity contribution >= 4 is 0 Å². The Bertz CT molecular complexity index is 723. The second-order valence-electron chi connectivity index (χ2n) is 7.73. The maximum absolute atomic E-state index is 13.3. The number of hydrogen-bond donors (Lipinski definition) is 2. The Kier molecular flexibility index (Phi) is 5.76. The number of halogens is 1. The molecule has 1 saturated heterocycles. The number of piperidine rings is 1. The van der Waals surface area contributed by atoms with Gasteiger partial charge in [-0.05, 0) is 41.7 Å². The van der Waals surface area contributed by atoms with E-state index in [0.717, 1.165) is 42.6 Å². The van der Waals surface area contributed by atoms with Crippen molar-refractivity contribution in [1.29, 1.82) is 0 Å². The van der Waals surface area contributed by atoms with E-state index in [1.807, 2.05) is 43.0 Å². The lowest BCUT2D eigenvalue weighted by Crippen LogP contribution is -2.53. The van der Waals surface area contributed by atoms with Crippen molar-refractivity contribution in [2.24, 2.45) is 0 Å². The van der Waals surface area contributed by atoms with Gasteiger partial charge in [0.25, 0.3) is 0 Å². The summed E-state index contributed by atoms with van der Waals surface area (Å²) in [6.07, 6.45) is 1.46. The van der Waals surface area contributed by atoms with Gasteiger partial charge in [0.2, 0.25) is 0 Å². The van der Waals surface area contributed by atoms with Gasteiger partial charge >= 0.3 is 0 Å². The van der Waals surface area contributed by atoms with Gasteiger partial charge in [0.05, 0.1) is 0 Å². The van der Waals surface area contributed by atoms with Crippen LogP contribution in [-0.2, 0) is 5.41 Å². The summed E-state index contributed by atoms with van der Waals surface area (Å²) < 4.78 is 13.3. The summed E-state index contributed by atoms with van der Waals surface area (Å²) in [4.78, 5) is 1.97. The molecule has 0 aliphatic carbocycles. The molecule has 140 valence electrons. The first-order chi connectivity index (χ1) is 12.4. The molecule has 1 aliphatic rings. The van der Waals surface area contributed by atoms with E-state index < -0.39 is 17.7 Å². The van der Waals surface area contributed by atoms with Crippen LogP contribution in [-0.4, -0.2) is 40.5 Å². The zero-order chi connectivity index (χ0) is 18.7. The van der Waals surface area contributed by atoms with Crippen molar-refractivity contribution in [2.75, 3.05) is 13.1 Å². The third kappa shape index (κ3) is 3.83. The number of rotatable bonds is 5. The summed E-state index contributed by atoms with van der Waals surface area (Å²) >= 11 is 0. The van der Waals surface area contributed by atoms with Gasteiger partial charge in [-0.2, -0.15) is 0 Å². The van der Waals surface area contributed by atoms with Crippen LogP contribution in [0.5, 0.6) is 0 Å². The van der Waals surface area contributed by atoms with Crippen molar-refractivity contribution in [3.05, 3.63) is 59.9 Å². The Hall–Kier alpha value is -1.75. The zero-order valence-electron chi connectivity index (χ0n) is 15.5. The minimum Gasteiger partial charge on any atom is -0.388 e. The highest BCUT2D eigenvalue weighted by Gasteiger charge is 2.39. The second kappa shape index (κ2) is 7.87. The molecule has 1 aliphatic heterocycles. The highest BCUT2D eigenvalue weighted by atomic mass is 19.1. The van der Waals surface area contributed by atoms with Gasteiger partial charge in [-0.25, -0.2) is 4.39 Å². The number of benzene rings is 2. The first kappa shape index (κ1) is 19.0. The minimum atomic E-state index is -0.929. The fraction of sp³-hybridized carbons (Fsp3) is 0.455. The molecule has 4 heteroatoms. The standard InChI is InChI=1S/C22H28FNO2/c1-22(2,20(25)21(26)24-14-6-3-7-15-24)19-9-5-4-8-18(19)16-10-12-17(23)13-11-16/h4-5,8-13,20-21,25-26H,3,6-7,14-15H2,1-2H3. The Balaban J connectivity index is 1.92. The molecular weight excluding hydrogens is 329 g/mol. The molecule has 0 amide bonds. The molecular formula is C22H28FNO2. The molecule has 1 heterocycles. The highest BCUT2D eigenvalue weighted by molar-refractivity contribution is 5.69. The van der Waals surface area contributed by atoms with Gasteiger partial charge in [-0.3, -0.25) is 4.90 Å². The van der Waals surface area contributed by atoms with Crippen molar-refractivity contribution in [2.45, 2.75) is 50.9 Å². The molecule has 2 aromatic carbocycles. The summed E-state index contributed by atoms with van der Waals surface area (Å²) in [5.74, 6) is -0.272. The lowest BCUT2D eigenvalue weighted by atomic mass is 9.75. The molecule has 26 heavy (non-hydrogen) atoms. The molecule has 0 spiro atoms. The summed E-state index contributed by atoms with van der Waals surface area (Å²) in [5, 5.41) is 21.8. The van der Waals surface area contributed by atoms with Crippen molar-refractivity contribution < 1.29 is 14.6 Å². The van der Waals surface area contributed by atoms with E-state index in [-0.39, 0.29) is 5.82 Å². The fourth-order valence-electron chi connectivity index (χ4n) is 3.84. The van der Waals surface area contributed by atoms with Gasteiger partial charge in [0.15, 0.2) is 0 Å². The van der Waals surface area contributed by atoms with Crippen LogP contribution in [0.2, 0.25) is 0 Å². The molecule has 2 N–H and O–H groups in total. The number of aliphatic hydroxyl groups is 2. The van der Waals surface area contributed by atoms with Crippen LogP contribution >= 0.6 is 0 Å². The number of hydrogen-bond acceptors (Lipinski definition) is 3. The largest absolute Gasteiger partial charge is 0.388 e. The zero-order valence-corrected chi connectivity index (χ0v) is 15.5. The summed E-state index contributed by atoms with van der Waals surface area (Å²) in [6, 6.07) is 14.2. The summed E-state index contributed by atoms with van der Waals surface area (Å²) in [7, 11) is 0. The Morgan fingerprint density at radius 3 is 2.19 bits per heavy atom. The maximum atomic E-state index is 13.3. The second-order valence-corrected chi connectivity index (χ2v) is 7.73. The maximum Gasteiger partial charge on any atom is 0.134 e. The lowest BCUT2D eigenvalue weighted by molar-refractivity contribution is -0.113. The fourth-order valence-corrected chi connectivity index (χ4v) is 3.84. The molecule has 3 rings (SSSR count). The first-order valence-corrected chi connectivity index (χ1v) is 9.37. The van der Waals surface area contributed by atoms with E-state index in [4.69, 9.17) is 0 Å².